The molecule has 0 saturated carbocycles. The second-order valence-corrected chi connectivity index (χ2v) is 4.84. The first-order valence-electron chi connectivity index (χ1n) is 5.31. The minimum atomic E-state index is -0.470. The molecule has 1 aromatic rings. The molecule has 1 aromatic carbocycles. The maximum atomic E-state index is 11.5. The van der Waals surface area contributed by atoms with Gasteiger partial charge in [-0.1, -0.05) is 30.3 Å². The zero-order chi connectivity index (χ0) is 12.7. The van der Waals surface area contributed by atoms with Crippen molar-refractivity contribution in [1.82, 2.24) is 10.6 Å². The van der Waals surface area contributed by atoms with E-state index in [2.05, 4.69) is 10.6 Å². The molecule has 92 valence electrons. The van der Waals surface area contributed by atoms with Crippen molar-refractivity contribution >= 4 is 23.7 Å². The number of carbonyl (C=O) groups is 2. The number of nitrogens with one attached hydrogen (secondary N) is 2. The Morgan fingerprint density at radius 1 is 1.29 bits per heavy atom. The van der Waals surface area contributed by atoms with Gasteiger partial charge in [-0.05, 0) is 12.5 Å². The smallest absolute Gasteiger partial charge is 0.321 e. The van der Waals surface area contributed by atoms with Crippen LogP contribution in [0.3, 0.4) is 0 Å². The molecule has 0 radical (unpaired) electrons. The Morgan fingerprint density at radius 3 is 2.53 bits per heavy atom. The summed E-state index contributed by atoms with van der Waals surface area (Å²) in [7, 11) is 1.48. The van der Waals surface area contributed by atoms with E-state index in [1.807, 2.05) is 30.3 Å². The van der Waals surface area contributed by atoms with E-state index in [1.54, 1.807) is 6.92 Å². The molecule has 0 spiro atoms. The van der Waals surface area contributed by atoms with Gasteiger partial charge in [0.15, 0.2) is 0 Å². The topological polar surface area (TPSA) is 58.2 Å². The van der Waals surface area contributed by atoms with Crippen molar-refractivity contribution in [3.05, 3.63) is 35.9 Å². The number of urea groups is 1. The van der Waals surface area contributed by atoms with E-state index in [1.165, 1.54) is 18.8 Å². The van der Waals surface area contributed by atoms with Crippen molar-refractivity contribution < 1.29 is 9.59 Å². The lowest BCUT2D eigenvalue weighted by Gasteiger charge is -2.10. The number of hydrogen-bond acceptors (Lipinski definition) is 3. The molecule has 0 saturated heterocycles. The predicted molar refractivity (Wildman–Crippen MR) is 69.8 cm³/mol. The highest BCUT2D eigenvalue weighted by atomic mass is 32.2. The second-order valence-electron chi connectivity index (χ2n) is 3.51. The zero-order valence-corrected chi connectivity index (χ0v) is 10.7. The first-order chi connectivity index (χ1) is 8.13. The Hall–Kier alpha value is -1.49. The Balaban J connectivity index is 2.37. The SMILES string of the molecule is CNC(=O)NC(=O)[C@@H](C)SCc1ccccc1. The molecule has 0 aromatic heterocycles. The van der Waals surface area contributed by atoms with Crippen molar-refractivity contribution in [2.24, 2.45) is 0 Å². The lowest BCUT2D eigenvalue weighted by molar-refractivity contribution is -0.119. The molecule has 3 amide bonds. The van der Waals surface area contributed by atoms with Crippen molar-refractivity contribution in [2.75, 3.05) is 7.05 Å². The van der Waals surface area contributed by atoms with E-state index in [-0.39, 0.29) is 11.2 Å². The molecule has 0 aliphatic rings. The van der Waals surface area contributed by atoms with Gasteiger partial charge in [-0.3, -0.25) is 10.1 Å². The summed E-state index contributed by atoms with van der Waals surface area (Å²) in [6, 6.07) is 9.43. The molecule has 1 rings (SSSR count). The molecule has 2 N–H and O–H groups in total. The predicted octanol–water partition coefficient (Wildman–Crippen LogP) is 1.76. The van der Waals surface area contributed by atoms with Crippen molar-refractivity contribution in [3.8, 4) is 0 Å². The van der Waals surface area contributed by atoms with Crippen molar-refractivity contribution in [3.63, 3.8) is 0 Å². The number of hydrogen-bond donors (Lipinski definition) is 2. The largest absolute Gasteiger partial charge is 0.341 e. The summed E-state index contributed by atoms with van der Waals surface area (Å²) in [6.45, 7) is 1.78. The van der Waals surface area contributed by atoms with Gasteiger partial charge in [-0.2, -0.15) is 0 Å². The monoisotopic (exact) mass is 252 g/mol. The van der Waals surface area contributed by atoms with E-state index in [9.17, 15) is 9.59 Å². The third kappa shape index (κ3) is 4.91. The Bertz CT molecular complexity index is 381. The fraction of sp³-hybridized carbons (Fsp3) is 0.333. The van der Waals surface area contributed by atoms with Gasteiger partial charge in [0.2, 0.25) is 5.91 Å². The van der Waals surface area contributed by atoms with E-state index < -0.39 is 6.03 Å². The number of carbonyl (C=O) groups excluding carboxylic acids is 2. The normalized spacial score (nSPS) is 11.6. The summed E-state index contributed by atoms with van der Waals surface area (Å²) in [4.78, 5) is 22.5. The summed E-state index contributed by atoms with van der Waals surface area (Å²) in [5, 5.41) is 4.34. The highest BCUT2D eigenvalue weighted by molar-refractivity contribution is 7.99. The fourth-order valence-electron chi connectivity index (χ4n) is 1.15. The average Bonchev–Trinajstić information content (AvgIpc) is 2.36. The Morgan fingerprint density at radius 2 is 1.94 bits per heavy atom. The number of imide groups is 1. The third-order valence-electron chi connectivity index (χ3n) is 2.18. The van der Waals surface area contributed by atoms with Gasteiger partial charge in [0.05, 0.1) is 5.25 Å². The first kappa shape index (κ1) is 13.6. The molecule has 1 atom stereocenters. The Labute approximate surface area is 105 Å². The molecule has 0 fully saturated rings. The van der Waals surface area contributed by atoms with Crippen LogP contribution < -0.4 is 10.6 Å². The molecule has 0 aliphatic carbocycles. The van der Waals surface area contributed by atoms with Gasteiger partial charge >= 0.3 is 6.03 Å². The van der Waals surface area contributed by atoms with Crippen LogP contribution in [0, 0.1) is 0 Å². The third-order valence-corrected chi connectivity index (χ3v) is 3.39. The van der Waals surface area contributed by atoms with E-state index in [0.29, 0.717) is 0 Å². The molecule has 4 nitrogen and oxygen atoms in total. The highest BCUT2D eigenvalue weighted by Gasteiger charge is 2.15. The van der Waals surface area contributed by atoms with Crippen LogP contribution in [-0.4, -0.2) is 24.2 Å². The highest BCUT2D eigenvalue weighted by Crippen LogP contribution is 2.17. The van der Waals surface area contributed by atoms with Gasteiger partial charge in [0.1, 0.15) is 0 Å². The van der Waals surface area contributed by atoms with E-state index >= 15 is 0 Å². The maximum Gasteiger partial charge on any atom is 0.321 e. The van der Waals surface area contributed by atoms with Crippen LogP contribution in [-0.2, 0) is 10.5 Å². The molecular weight excluding hydrogens is 236 g/mol. The van der Waals surface area contributed by atoms with Crippen LogP contribution in [0.1, 0.15) is 12.5 Å². The van der Waals surface area contributed by atoms with E-state index in [4.69, 9.17) is 0 Å². The van der Waals surface area contributed by atoms with Crippen molar-refractivity contribution in [2.45, 2.75) is 17.9 Å². The lowest BCUT2D eigenvalue weighted by Crippen LogP contribution is -2.41. The quantitative estimate of drug-likeness (QED) is 0.858. The molecule has 0 bridgehead atoms. The maximum absolute atomic E-state index is 11.5. The minimum Gasteiger partial charge on any atom is -0.341 e. The molecule has 5 heteroatoms. The lowest BCUT2D eigenvalue weighted by atomic mass is 10.2. The number of rotatable bonds is 4. The molecule has 17 heavy (non-hydrogen) atoms. The van der Waals surface area contributed by atoms with Crippen LogP contribution in [0.4, 0.5) is 4.79 Å². The summed E-state index contributed by atoms with van der Waals surface area (Å²) in [5.41, 5.74) is 1.16. The van der Waals surface area contributed by atoms with Crippen LogP contribution >= 0.6 is 11.8 Å². The molecule has 0 unspecified atom stereocenters. The standard InChI is InChI=1S/C12H16N2O2S/c1-9(11(15)14-12(16)13-2)17-8-10-6-4-3-5-7-10/h3-7,9H,8H2,1-2H3,(H2,13,14,15,16)/t9-/m1/s1. The van der Waals surface area contributed by atoms with Gasteiger partial charge in [0, 0.05) is 12.8 Å². The summed E-state index contributed by atoms with van der Waals surface area (Å²) < 4.78 is 0. The number of amides is 3. The Kier molecular flexibility index (Phi) is 5.56. The van der Waals surface area contributed by atoms with Crippen LogP contribution in [0.5, 0.6) is 0 Å². The number of thioether (sulfide) groups is 1. The van der Waals surface area contributed by atoms with Crippen LogP contribution in [0.25, 0.3) is 0 Å². The summed E-state index contributed by atoms with van der Waals surface area (Å²) in [6.07, 6.45) is 0. The average molecular weight is 252 g/mol. The zero-order valence-electron chi connectivity index (χ0n) is 9.90. The fourth-order valence-corrected chi connectivity index (χ4v) is 1.99. The van der Waals surface area contributed by atoms with Gasteiger partial charge in [-0.15, -0.1) is 11.8 Å². The molecule has 0 heterocycles. The van der Waals surface area contributed by atoms with Gasteiger partial charge in [0.25, 0.3) is 0 Å². The minimum absolute atomic E-state index is 0.257. The summed E-state index contributed by atoms with van der Waals surface area (Å²) in [5.74, 6) is 0.480. The van der Waals surface area contributed by atoms with Crippen LogP contribution in [0.15, 0.2) is 30.3 Å². The molecule has 0 aliphatic heterocycles. The van der Waals surface area contributed by atoms with Gasteiger partial charge in [-0.25, -0.2) is 4.79 Å². The van der Waals surface area contributed by atoms with Crippen molar-refractivity contribution in [1.29, 1.82) is 0 Å². The van der Waals surface area contributed by atoms with Gasteiger partial charge < -0.3 is 5.32 Å². The summed E-state index contributed by atoms with van der Waals surface area (Å²) >= 11 is 1.50. The molecular formula is C12H16N2O2S. The van der Waals surface area contributed by atoms with Crippen LogP contribution in [0.2, 0.25) is 0 Å². The number of benzene rings is 1. The second kappa shape index (κ2) is 6.96. The van der Waals surface area contributed by atoms with E-state index in [0.717, 1.165) is 11.3 Å². The first-order valence-corrected chi connectivity index (χ1v) is 6.36.